The average Bonchev–Trinajstić information content (AvgIpc) is 2.74. The van der Waals surface area contributed by atoms with Crippen molar-refractivity contribution in [1.29, 1.82) is 0 Å². The Morgan fingerprint density at radius 2 is 2.12 bits per heavy atom. The lowest BCUT2D eigenvalue weighted by atomic mass is 10.0. The zero-order valence-corrected chi connectivity index (χ0v) is 10.3. The van der Waals surface area contributed by atoms with E-state index < -0.39 is 6.10 Å². The molecule has 1 N–H and O–H groups in total. The summed E-state index contributed by atoms with van der Waals surface area (Å²) in [6, 6.07) is 6.11. The minimum atomic E-state index is -0.431. The lowest BCUT2D eigenvalue weighted by Gasteiger charge is -2.11. The van der Waals surface area contributed by atoms with Crippen LogP contribution in [0, 0.1) is 13.8 Å². The van der Waals surface area contributed by atoms with Crippen LogP contribution in [0.15, 0.2) is 29.9 Å². The van der Waals surface area contributed by atoms with E-state index in [1.54, 1.807) is 16.8 Å². The second-order valence-corrected chi connectivity index (χ2v) is 5.00. The smallest absolute Gasteiger partial charge is 0.0838 e. The molecule has 2 aromatic rings. The molecule has 0 aliphatic heterocycles. The van der Waals surface area contributed by atoms with Crippen molar-refractivity contribution in [3.63, 3.8) is 0 Å². The summed E-state index contributed by atoms with van der Waals surface area (Å²) in [6.45, 7) is 4.15. The second-order valence-electron chi connectivity index (χ2n) is 4.03. The lowest BCUT2D eigenvalue weighted by Crippen LogP contribution is -2.01. The number of hydrogen-bond donors (Lipinski definition) is 1. The summed E-state index contributed by atoms with van der Waals surface area (Å²) < 4.78 is 0. The third kappa shape index (κ3) is 2.49. The van der Waals surface area contributed by atoms with E-state index in [-0.39, 0.29) is 0 Å². The first-order chi connectivity index (χ1) is 7.66. The van der Waals surface area contributed by atoms with Crippen LogP contribution in [0.2, 0.25) is 0 Å². The number of aromatic nitrogens is 1. The minimum absolute atomic E-state index is 0.431. The number of thiazole rings is 1. The number of rotatable bonds is 3. The molecule has 16 heavy (non-hydrogen) atoms. The Labute approximate surface area is 99.6 Å². The molecule has 0 fully saturated rings. The van der Waals surface area contributed by atoms with Gasteiger partial charge in [-0.3, -0.25) is 4.98 Å². The fourth-order valence-corrected chi connectivity index (χ4v) is 2.26. The molecule has 1 unspecified atom stereocenters. The highest BCUT2D eigenvalue weighted by Gasteiger charge is 2.10. The molecule has 2 rings (SSSR count). The number of aliphatic hydroxyl groups is 1. The average molecular weight is 233 g/mol. The summed E-state index contributed by atoms with van der Waals surface area (Å²) in [4.78, 5) is 5.12. The third-order valence-electron chi connectivity index (χ3n) is 2.79. The van der Waals surface area contributed by atoms with Crippen molar-refractivity contribution in [3.05, 3.63) is 51.5 Å². The Balaban J connectivity index is 2.14. The number of aryl methyl sites for hydroxylation is 2. The van der Waals surface area contributed by atoms with E-state index in [0.29, 0.717) is 6.42 Å². The molecule has 0 bridgehead atoms. The van der Waals surface area contributed by atoms with Gasteiger partial charge >= 0.3 is 0 Å². The molecule has 0 aliphatic carbocycles. The molecule has 1 aromatic heterocycles. The van der Waals surface area contributed by atoms with E-state index >= 15 is 0 Å². The molecule has 3 heteroatoms. The Hall–Kier alpha value is -1.19. The molecule has 84 valence electrons. The lowest BCUT2D eigenvalue weighted by molar-refractivity contribution is 0.179. The van der Waals surface area contributed by atoms with E-state index in [0.717, 1.165) is 10.4 Å². The molecule has 1 heterocycles. The van der Waals surface area contributed by atoms with Crippen molar-refractivity contribution < 1.29 is 5.11 Å². The van der Waals surface area contributed by atoms with Crippen LogP contribution in [0.5, 0.6) is 0 Å². The summed E-state index contributed by atoms with van der Waals surface area (Å²) in [7, 11) is 0. The predicted molar refractivity (Wildman–Crippen MR) is 66.7 cm³/mol. The van der Waals surface area contributed by atoms with Crippen molar-refractivity contribution in [3.8, 4) is 0 Å². The molecule has 0 spiro atoms. The summed E-state index contributed by atoms with van der Waals surface area (Å²) in [5.41, 5.74) is 5.26. The monoisotopic (exact) mass is 233 g/mol. The van der Waals surface area contributed by atoms with E-state index in [9.17, 15) is 5.11 Å². The molecular formula is C13H15NOS. The summed E-state index contributed by atoms with van der Waals surface area (Å²) in [5.74, 6) is 0. The molecule has 0 aliphatic rings. The molecule has 1 atom stereocenters. The first-order valence-corrected chi connectivity index (χ1v) is 6.17. The van der Waals surface area contributed by atoms with E-state index in [4.69, 9.17) is 0 Å². The first kappa shape index (κ1) is 11.3. The summed E-state index contributed by atoms with van der Waals surface area (Å²) >= 11 is 1.58. The summed E-state index contributed by atoms with van der Waals surface area (Å²) in [5, 5.41) is 10.1. The van der Waals surface area contributed by atoms with Gasteiger partial charge in [0.25, 0.3) is 0 Å². The van der Waals surface area contributed by atoms with Crippen molar-refractivity contribution >= 4 is 11.3 Å². The highest BCUT2D eigenvalue weighted by Crippen LogP contribution is 2.22. The van der Waals surface area contributed by atoms with Gasteiger partial charge in [-0.05, 0) is 30.5 Å². The zero-order valence-electron chi connectivity index (χ0n) is 9.47. The Morgan fingerprint density at radius 1 is 1.31 bits per heavy atom. The van der Waals surface area contributed by atoms with Crippen molar-refractivity contribution in [2.24, 2.45) is 0 Å². The van der Waals surface area contributed by atoms with Crippen molar-refractivity contribution in [2.45, 2.75) is 26.4 Å². The van der Waals surface area contributed by atoms with Crippen molar-refractivity contribution in [1.82, 2.24) is 4.98 Å². The van der Waals surface area contributed by atoms with Gasteiger partial charge in [0.15, 0.2) is 0 Å². The maximum atomic E-state index is 10.1. The molecule has 0 saturated heterocycles. The number of nitrogens with zero attached hydrogens (tertiary/aromatic N) is 1. The largest absolute Gasteiger partial charge is 0.388 e. The van der Waals surface area contributed by atoms with Crippen LogP contribution in [0.3, 0.4) is 0 Å². The fourth-order valence-electron chi connectivity index (χ4n) is 1.62. The molecule has 0 saturated carbocycles. The van der Waals surface area contributed by atoms with Gasteiger partial charge < -0.3 is 5.11 Å². The minimum Gasteiger partial charge on any atom is -0.388 e. The van der Waals surface area contributed by atoms with Crippen LogP contribution in [-0.4, -0.2) is 10.1 Å². The van der Waals surface area contributed by atoms with E-state index in [2.05, 4.69) is 31.0 Å². The topological polar surface area (TPSA) is 33.1 Å². The quantitative estimate of drug-likeness (QED) is 0.884. The van der Waals surface area contributed by atoms with Crippen molar-refractivity contribution in [2.75, 3.05) is 0 Å². The fraction of sp³-hybridized carbons (Fsp3) is 0.308. The number of aliphatic hydroxyl groups excluding tert-OH is 1. The molecule has 1 aromatic carbocycles. The van der Waals surface area contributed by atoms with Gasteiger partial charge in [-0.2, -0.15) is 0 Å². The van der Waals surface area contributed by atoms with Gasteiger partial charge in [0.1, 0.15) is 0 Å². The third-order valence-corrected chi connectivity index (χ3v) is 3.60. The highest BCUT2D eigenvalue weighted by molar-refractivity contribution is 7.09. The number of benzene rings is 1. The normalized spacial score (nSPS) is 12.7. The van der Waals surface area contributed by atoms with E-state index in [1.165, 1.54) is 11.1 Å². The second kappa shape index (κ2) is 4.76. The van der Waals surface area contributed by atoms with Gasteiger partial charge in [0.2, 0.25) is 0 Å². The van der Waals surface area contributed by atoms with Gasteiger partial charge in [0.05, 0.1) is 11.6 Å². The Kier molecular flexibility index (Phi) is 3.36. The van der Waals surface area contributed by atoms with Gasteiger partial charge in [-0.25, -0.2) is 0 Å². The first-order valence-electron chi connectivity index (χ1n) is 5.29. The van der Waals surface area contributed by atoms with Crippen LogP contribution >= 0.6 is 11.3 Å². The standard InChI is InChI=1S/C13H15NOS/c1-9-3-4-11(5-10(9)2)13(15)6-12-7-14-8-16-12/h3-5,7-8,13,15H,6H2,1-2H3. The van der Waals surface area contributed by atoms with Crippen LogP contribution in [0.4, 0.5) is 0 Å². The maximum absolute atomic E-state index is 10.1. The molecule has 0 amide bonds. The predicted octanol–water partition coefficient (Wildman–Crippen LogP) is 3.04. The van der Waals surface area contributed by atoms with Crippen LogP contribution < -0.4 is 0 Å². The highest BCUT2D eigenvalue weighted by atomic mass is 32.1. The molecular weight excluding hydrogens is 218 g/mol. The molecule has 2 nitrogen and oxygen atoms in total. The SMILES string of the molecule is Cc1ccc(C(O)Cc2cncs2)cc1C. The number of hydrogen-bond acceptors (Lipinski definition) is 3. The van der Waals surface area contributed by atoms with Gasteiger partial charge in [0, 0.05) is 17.5 Å². The Morgan fingerprint density at radius 3 is 2.75 bits per heavy atom. The maximum Gasteiger partial charge on any atom is 0.0838 e. The van der Waals surface area contributed by atoms with Crippen LogP contribution in [0.25, 0.3) is 0 Å². The van der Waals surface area contributed by atoms with Gasteiger partial charge in [-0.15, -0.1) is 11.3 Å². The van der Waals surface area contributed by atoms with Crippen LogP contribution in [0.1, 0.15) is 27.7 Å². The summed E-state index contributed by atoms with van der Waals surface area (Å²) in [6.07, 6.45) is 2.03. The zero-order chi connectivity index (χ0) is 11.5. The van der Waals surface area contributed by atoms with Gasteiger partial charge in [-0.1, -0.05) is 18.2 Å². The van der Waals surface area contributed by atoms with Crippen LogP contribution in [-0.2, 0) is 6.42 Å². The van der Waals surface area contributed by atoms with E-state index in [1.807, 2.05) is 12.3 Å². The Bertz CT molecular complexity index is 465. The molecule has 0 radical (unpaired) electrons.